The minimum atomic E-state index is -0.981. The molecule has 4 aromatic rings. The summed E-state index contributed by atoms with van der Waals surface area (Å²) in [4.78, 5) is 24.9. The van der Waals surface area contributed by atoms with E-state index < -0.39 is 6.10 Å². The lowest BCUT2D eigenvalue weighted by molar-refractivity contribution is -0.139. The van der Waals surface area contributed by atoms with Crippen LogP contribution >= 0.6 is 11.6 Å². The Morgan fingerprint density at radius 2 is 1.97 bits per heavy atom. The van der Waals surface area contributed by atoms with E-state index in [0.717, 1.165) is 16.8 Å². The number of aromatic nitrogens is 4. The van der Waals surface area contributed by atoms with E-state index in [4.69, 9.17) is 16.3 Å². The largest absolute Gasteiger partial charge is 0.494 e. The van der Waals surface area contributed by atoms with Crippen molar-refractivity contribution in [3.8, 4) is 17.0 Å². The van der Waals surface area contributed by atoms with E-state index >= 15 is 0 Å². The molecule has 0 saturated carbocycles. The van der Waals surface area contributed by atoms with Gasteiger partial charge in [0, 0.05) is 49.7 Å². The molecule has 0 unspecified atom stereocenters. The molecule has 186 valence electrons. The van der Waals surface area contributed by atoms with Crippen molar-refractivity contribution in [2.45, 2.75) is 13.0 Å². The summed E-state index contributed by atoms with van der Waals surface area (Å²) in [6.45, 7) is 3.93. The maximum absolute atomic E-state index is 12.0. The molecule has 11 heteroatoms. The highest BCUT2D eigenvalue weighted by atomic mass is 35.5. The van der Waals surface area contributed by atoms with Crippen molar-refractivity contribution in [2.75, 3.05) is 43.5 Å². The van der Waals surface area contributed by atoms with Gasteiger partial charge in [0.2, 0.25) is 5.95 Å². The first-order valence-electron chi connectivity index (χ1n) is 11.6. The van der Waals surface area contributed by atoms with Gasteiger partial charge in [-0.2, -0.15) is 5.10 Å². The normalized spacial score (nSPS) is 14.7. The zero-order valence-corrected chi connectivity index (χ0v) is 20.7. The van der Waals surface area contributed by atoms with Crippen LogP contribution in [0.15, 0.2) is 55.0 Å². The average Bonchev–Trinajstić information content (AvgIpc) is 3.33. The van der Waals surface area contributed by atoms with Gasteiger partial charge in [-0.05, 0) is 31.2 Å². The smallest absolute Gasteiger partial charge is 0.251 e. The first-order chi connectivity index (χ1) is 17.4. The second-order valence-electron chi connectivity index (χ2n) is 8.48. The molecule has 2 N–H and O–H groups in total. The summed E-state index contributed by atoms with van der Waals surface area (Å²) >= 11 is 6.44. The molecule has 1 saturated heterocycles. The number of pyridine rings is 1. The van der Waals surface area contributed by atoms with Crippen molar-refractivity contribution >= 4 is 40.3 Å². The quantitative estimate of drug-likeness (QED) is 0.409. The summed E-state index contributed by atoms with van der Waals surface area (Å²) in [6, 6.07) is 11.6. The van der Waals surface area contributed by atoms with Crippen LogP contribution in [-0.4, -0.2) is 74.9 Å². The van der Waals surface area contributed by atoms with Gasteiger partial charge in [0.15, 0.2) is 0 Å². The number of rotatable bonds is 6. The second-order valence-corrected chi connectivity index (χ2v) is 8.88. The van der Waals surface area contributed by atoms with E-state index in [0.29, 0.717) is 54.3 Å². The average molecular weight is 508 g/mol. The summed E-state index contributed by atoms with van der Waals surface area (Å²) in [5, 5.41) is 17.6. The Morgan fingerprint density at radius 3 is 2.72 bits per heavy atom. The van der Waals surface area contributed by atoms with Crippen molar-refractivity contribution < 1.29 is 14.6 Å². The molecule has 1 atom stereocenters. The fourth-order valence-corrected chi connectivity index (χ4v) is 4.48. The molecule has 1 aromatic carbocycles. The number of ether oxygens (including phenoxy) is 1. The van der Waals surface area contributed by atoms with Gasteiger partial charge in [0.25, 0.3) is 5.91 Å². The number of halogens is 1. The number of hydrogen-bond donors (Lipinski definition) is 2. The molecule has 0 aliphatic carbocycles. The first kappa shape index (κ1) is 23.8. The predicted octanol–water partition coefficient (Wildman–Crippen LogP) is 3.23. The van der Waals surface area contributed by atoms with Crippen LogP contribution in [0.5, 0.6) is 5.75 Å². The van der Waals surface area contributed by atoms with Crippen molar-refractivity contribution in [1.82, 2.24) is 24.5 Å². The number of amides is 1. The highest BCUT2D eigenvalue weighted by molar-refractivity contribution is 6.33. The van der Waals surface area contributed by atoms with E-state index in [1.807, 2.05) is 42.6 Å². The highest BCUT2D eigenvalue weighted by Crippen LogP contribution is 2.34. The lowest BCUT2D eigenvalue weighted by Crippen LogP contribution is -2.51. The summed E-state index contributed by atoms with van der Waals surface area (Å²) in [5.41, 5.74) is 3.96. The predicted molar refractivity (Wildman–Crippen MR) is 138 cm³/mol. The number of methoxy groups -OCH3 is 1. The van der Waals surface area contributed by atoms with Crippen LogP contribution < -0.4 is 15.0 Å². The molecule has 3 aromatic heterocycles. The number of hydrogen-bond acceptors (Lipinski definition) is 8. The molecule has 0 spiro atoms. The Labute approximate surface area is 213 Å². The van der Waals surface area contributed by atoms with Gasteiger partial charge in [0.1, 0.15) is 11.9 Å². The molecule has 0 bridgehead atoms. The van der Waals surface area contributed by atoms with Gasteiger partial charge in [-0.15, -0.1) is 0 Å². The van der Waals surface area contributed by atoms with Gasteiger partial charge < -0.3 is 25.0 Å². The van der Waals surface area contributed by atoms with Crippen LogP contribution in [0.2, 0.25) is 5.02 Å². The third kappa shape index (κ3) is 4.65. The maximum atomic E-state index is 12.0. The Morgan fingerprint density at radius 1 is 1.17 bits per heavy atom. The Kier molecular flexibility index (Phi) is 6.62. The first-order valence-corrected chi connectivity index (χ1v) is 11.9. The minimum Gasteiger partial charge on any atom is -0.494 e. The van der Waals surface area contributed by atoms with Crippen LogP contribution in [-0.2, 0) is 4.79 Å². The molecule has 36 heavy (non-hydrogen) atoms. The summed E-state index contributed by atoms with van der Waals surface area (Å²) < 4.78 is 7.41. The summed E-state index contributed by atoms with van der Waals surface area (Å²) in [7, 11) is 1.61. The highest BCUT2D eigenvalue weighted by Gasteiger charge is 2.24. The van der Waals surface area contributed by atoms with Crippen LogP contribution in [0.25, 0.3) is 16.8 Å². The Hall–Kier alpha value is -3.89. The molecular weight excluding hydrogens is 482 g/mol. The van der Waals surface area contributed by atoms with E-state index in [1.165, 1.54) is 6.92 Å². The molecule has 1 aliphatic rings. The zero-order valence-electron chi connectivity index (χ0n) is 19.9. The third-order valence-electron chi connectivity index (χ3n) is 6.17. The lowest BCUT2D eigenvalue weighted by atomic mass is 10.2. The van der Waals surface area contributed by atoms with E-state index in [9.17, 15) is 9.90 Å². The van der Waals surface area contributed by atoms with Gasteiger partial charge in [-0.1, -0.05) is 17.7 Å². The van der Waals surface area contributed by atoms with Crippen molar-refractivity contribution in [2.24, 2.45) is 0 Å². The second kappa shape index (κ2) is 10.00. The topological polar surface area (TPSA) is 108 Å². The van der Waals surface area contributed by atoms with Gasteiger partial charge in [-0.25, -0.2) is 14.5 Å². The number of anilines is 3. The lowest BCUT2D eigenvalue weighted by Gasteiger charge is -2.36. The number of fused-ring (bicyclic) bond motifs is 1. The molecule has 1 aliphatic heterocycles. The Balaban J connectivity index is 1.35. The van der Waals surface area contributed by atoms with Crippen molar-refractivity contribution in [3.05, 3.63) is 60.0 Å². The van der Waals surface area contributed by atoms with Crippen molar-refractivity contribution in [3.63, 3.8) is 0 Å². The van der Waals surface area contributed by atoms with Crippen LogP contribution in [0, 0.1) is 0 Å². The van der Waals surface area contributed by atoms with E-state index in [2.05, 4.69) is 25.3 Å². The molecule has 0 radical (unpaired) electrons. The number of piperazine rings is 1. The molecule has 4 heterocycles. The van der Waals surface area contributed by atoms with Crippen molar-refractivity contribution in [1.29, 1.82) is 0 Å². The number of carbonyl (C=O) groups is 1. The standard InChI is InChI=1S/C25H26ClN7O3/c1-16(34)24(35)32-11-9-31(10-12-32)17-6-7-20(22(13-17)36-2)29-25-27-15-19(26)23(30-25)18-14-28-33-8-4-3-5-21(18)33/h3-8,13-16,34H,9-12H2,1-2H3,(H,27,29,30)/t16-/m0/s1. The number of benzene rings is 1. The van der Waals surface area contributed by atoms with E-state index in [1.54, 1.807) is 28.9 Å². The molecule has 5 rings (SSSR count). The fraction of sp³-hybridized carbons (Fsp3) is 0.280. The van der Waals surface area contributed by atoms with Crippen LogP contribution in [0.4, 0.5) is 17.3 Å². The number of aliphatic hydroxyl groups excluding tert-OH is 1. The molecule has 1 fully saturated rings. The third-order valence-corrected chi connectivity index (χ3v) is 6.45. The number of nitrogens with zero attached hydrogens (tertiary/aromatic N) is 6. The molecule has 10 nitrogen and oxygen atoms in total. The number of nitrogens with one attached hydrogen (secondary N) is 1. The monoisotopic (exact) mass is 507 g/mol. The van der Waals surface area contributed by atoms with Gasteiger partial charge in [-0.3, -0.25) is 4.79 Å². The maximum Gasteiger partial charge on any atom is 0.251 e. The number of carbonyl (C=O) groups excluding carboxylic acids is 1. The summed E-state index contributed by atoms with van der Waals surface area (Å²) in [6.07, 6.45) is 4.18. The van der Waals surface area contributed by atoms with E-state index in [-0.39, 0.29) is 5.91 Å². The molecule has 1 amide bonds. The van der Waals surface area contributed by atoms with Crippen LogP contribution in [0.3, 0.4) is 0 Å². The van der Waals surface area contributed by atoms with Gasteiger partial charge >= 0.3 is 0 Å². The molecular formula is C25H26ClN7O3. The van der Waals surface area contributed by atoms with Gasteiger partial charge in [0.05, 0.1) is 41.4 Å². The SMILES string of the molecule is COc1cc(N2CCN(C(=O)[C@H](C)O)CC2)ccc1Nc1ncc(Cl)c(-c2cnn3ccccc23)n1. The fourth-order valence-electron chi connectivity index (χ4n) is 4.28. The minimum absolute atomic E-state index is 0.238. The zero-order chi connectivity index (χ0) is 25.2. The van der Waals surface area contributed by atoms with Crippen LogP contribution in [0.1, 0.15) is 6.92 Å². The number of aliphatic hydroxyl groups is 1. The Bertz CT molecular complexity index is 1400. The summed E-state index contributed by atoms with van der Waals surface area (Å²) in [5.74, 6) is 0.769.